The van der Waals surface area contributed by atoms with Gasteiger partial charge in [0.1, 0.15) is 6.54 Å². The minimum atomic E-state index is -3.36. The van der Waals surface area contributed by atoms with Gasteiger partial charge in [0, 0.05) is 12.3 Å². The van der Waals surface area contributed by atoms with Crippen molar-refractivity contribution < 1.29 is 8.42 Å². The number of aromatic nitrogens is 2. The maximum Gasteiger partial charge on any atom is 0.236 e. The summed E-state index contributed by atoms with van der Waals surface area (Å²) < 4.78 is 26.6. The Balaban J connectivity index is 2.79. The Labute approximate surface area is 88.6 Å². The lowest BCUT2D eigenvalue weighted by Gasteiger charge is -2.07. The standard InChI is InChI=1S/C8H12N4O2S/c1-7(2)15(13,14)11-8-3-5-12(10-8)6-4-9/h3,5,7H,6H2,1-2H3,(H,10,11). The van der Waals surface area contributed by atoms with Crippen molar-refractivity contribution in [3.05, 3.63) is 12.3 Å². The molecule has 1 rings (SSSR count). The molecule has 6 nitrogen and oxygen atoms in total. The van der Waals surface area contributed by atoms with Crippen molar-refractivity contribution in [2.24, 2.45) is 0 Å². The second-order valence-electron chi connectivity index (χ2n) is 3.25. The van der Waals surface area contributed by atoms with Gasteiger partial charge in [0.25, 0.3) is 0 Å². The minimum absolute atomic E-state index is 0.101. The molecule has 15 heavy (non-hydrogen) atoms. The van der Waals surface area contributed by atoms with Crippen LogP contribution >= 0.6 is 0 Å². The zero-order valence-electron chi connectivity index (χ0n) is 8.51. The first-order valence-corrected chi connectivity index (χ1v) is 5.92. The lowest BCUT2D eigenvalue weighted by molar-refractivity contribution is 0.592. The van der Waals surface area contributed by atoms with Gasteiger partial charge in [-0.05, 0) is 13.8 Å². The van der Waals surface area contributed by atoms with E-state index in [0.717, 1.165) is 0 Å². The summed E-state index contributed by atoms with van der Waals surface area (Å²) in [6, 6.07) is 3.42. The molecule has 1 aromatic heterocycles. The van der Waals surface area contributed by atoms with E-state index in [1.807, 2.05) is 6.07 Å². The van der Waals surface area contributed by atoms with Gasteiger partial charge in [0.2, 0.25) is 10.0 Å². The number of rotatable bonds is 4. The molecule has 82 valence electrons. The van der Waals surface area contributed by atoms with E-state index in [1.54, 1.807) is 20.0 Å². The van der Waals surface area contributed by atoms with Gasteiger partial charge in [0.15, 0.2) is 5.82 Å². The van der Waals surface area contributed by atoms with Crippen molar-refractivity contribution in [2.45, 2.75) is 25.6 Å². The summed E-state index contributed by atoms with van der Waals surface area (Å²) in [5.41, 5.74) is 0. The SMILES string of the molecule is CC(C)S(=O)(=O)Nc1ccn(CC#N)n1. The van der Waals surface area contributed by atoms with E-state index in [4.69, 9.17) is 5.26 Å². The highest BCUT2D eigenvalue weighted by molar-refractivity contribution is 7.93. The molecule has 0 spiro atoms. The van der Waals surface area contributed by atoms with Gasteiger partial charge in [-0.2, -0.15) is 10.4 Å². The molecule has 1 N–H and O–H groups in total. The van der Waals surface area contributed by atoms with Crippen molar-refractivity contribution in [2.75, 3.05) is 4.72 Å². The van der Waals surface area contributed by atoms with Crippen LogP contribution in [-0.2, 0) is 16.6 Å². The third-order valence-electron chi connectivity index (χ3n) is 1.74. The van der Waals surface area contributed by atoms with Crippen LogP contribution in [0.25, 0.3) is 0 Å². The molecule has 0 aliphatic heterocycles. The average Bonchev–Trinajstić information content (AvgIpc) is 2.52. The highest BCUT2D eigenvalue weighted by atomic mass is 32.2. The highest BCUT2D eigenvalue weighted by Crippen LogP contribution is 2.08. The minimum Gasteiger partial charge on any atom is -0.266 e. The van der Waals surface area contributed by atoms with E-state index >= 15 is 0 Å². The van der Waals surface area contributed by atoms with Crippen LogP contribution in [0.5, 0.6) is 0 Å². The predicted molar refractivity (Wildman–Crippen MR) is 55.5 cm³/mol. The van der Waals surface area contributed by atoms with Gasteiger partial charge in [-0.25, -0.2) is 8.42 Å². The molecule has 7 heteroatoms. The van der Waals surface area contributed by atoms with E-state index in [9.17, 15) is 8.42 Å². The molecule has 0 saturated heterocycles. The first kappa shape index (κ1) is 11.5. The van der Waals surface area contributed by atoms with Crippen molar-refractivity contribution >= 4 is 15.8 Å². The molecule has 1 heterocycles. The molecule has 0 saturated carbocycles. The van der Waals surface area contributed by atoms with Crippen molar-refractivity contribution in [1.82, 2.24) is 9.78 Å². The molecule has 0 aromatic carbocycles. The summed E-state index contributed by atoms with van der Waals surface area (Å²) in [5.74, 6) is 0.235. The summed E-state index contributed by atoms with van der Waals surface area (Å²) >= 11 is 0. The first-order valence-electron chi connectivity index (χ1n) is 4.38. The Morgan fingerprint density at radius 3 is 2.87 bits per heavy atom. The number of nitrogens with one attached hydrogen (secondary N) is 1. The Morgan fingerprint density at radius 2 is 2.33 bits per heavy atom. The third kappa shape index (κ3) is 2.95. The Bertz CT molecular complexity index is 469. The predicted octanol–water partition coefficient (Wildman–Crippen LogP) is 0.557. The molecule has 0 aliphatic carbocycles. The Hall–Kier alpha value is -1.55. The first-order chi connectivity index (χ1) is 6.95. The van der Waals surface area contributed by atoms with Gasteiger partial charge >= 0.3 is 0 Å². The van der Waals surface area contributed by atoms with Crippen LogP contribution in [0.3, 0.4) is 0 Å². The summed E-state index contributed by atoms with van der Waals surface area (Å²) in [6.07, 6.45) is 1.54. The second-order valence-corrected chi connectivity index (χ2v) is 5.49. The van der Waals surface area contributed by atoms with Crippen LogP contribution in [0.1, 0.15) is 13.8 Å². The van der Waals surface area contributed by atoms with E-state index < -0.39 is 15.3 Å². The number of nitriles is 1. The van der Waals surface area contributed by atoms with Crippen LogP contribution in [0.2, 0.25) is 0 Å². The summed E-state index contributed by atoms with van der Waals surface area (Å²) in [4.78, 5) is 0. The highest BCUT2D eigenvalue weighted by Gasteiger charge is 2.16. The van der Waals surface area contributed by atoms with Gasteiger partial charge in [-0.3, -0.25) is 9.40 Å². The number of sulfonamides is 1. The van der Waals surface area contributed by atoms with E-state index in [-0.39, 0.29) is 12.4 Å². The summed E-state index contributed by atoms with van der Waals surface area (Å²) in [7, 11) is -3.36. The van der Waals surface area contributed by atoms with Crippen molar-refractivity contribution in [1.29, 1.82) is 5.26 Å². The zero-order valence-corrected chi connectivity index (χ0v) is 9.32. The molecule has 0 bridgehead atoms. The van der Waals surface area contributed by atoms with Crippen molar-refractivity contribution in [3.63, 3.8) is 0 Å². The van der Waals surface area contributed by atoms with Gasteiger partial charge in [0.05, 0.1) is 11.3 Å². The third-order valence-corrected chi connectivity index (χ3v) is 3.48. The number of hydrogen-bond acceptors (Lipinski definition) is 4. The molecule has 0 unspecified atom stereocenters. The van der Waals surface area contributed by atoms with E-state index in [1.165, 1.54) is 10.7 Å². The summed E-state index contributed by atoms with van der Waals surface area (Å²) in [6.45, 7) is 3.26. The van der Waals surface area contributed by atoms with E-state index in [0.29, 0.717) is 0 Å². The smallest absolute Gasteiger partial charge is 0.236 e. The average molecular weight is 228 g/mol. The molecule has 0 atom stereocenters. The fourth-order valence-electron chi connectivity index (χ4n) is 0.840. The second kappa shape index (κ2) is 4.31. The monoisotopic (exact) mass is 228 g/mol. The fraction of sp³-hybridized carbons (Fsp3) is 0.500. The van der Waals surface area contributed by atoms with Crippen LogP contribution < -0.4 is 4.72 Å². The zero-order chi connectivity index (χ0) is 11.5. The largest absolute Gasteiger partial charge is 0.266 e. The topological polar surface area (TPSA) is 87.8 Å². The molecule has 0 aliphatic rings. The molecule has 0 radical (unpaired) electrons. The molecule has 1 aromatic rings. The molecular weight excluding hydrogens is 216 g/mol. The lowest BCUT2D eigenvalue weighted by atomic mass is 10.6. The fourth-order valence-corrected chi connectivity index (χ4v) is 1.48. The molecule has 0 fully saturated rings. The number of anilines is 1. The maximum absolute atomic E-state index is 11.4. The molecule has 0 amide bonds. The normalized spacial score (nSPS) is 11.3. The van der Waals surface area contributed by atoms with Crippen molar-refractivity contribution in [3.8, 4) is 6.07 Å². The number of hydrogen-bond donors (Lipinski definition) is 1. The van der Waals surface area contributed by atoms with Crippen LogP contribution in [0.15, 0.2) is 12.3 Å². The summed E-state index contributed by atoms with van der Waals surface area (Å²) in [5, 5.41) is 11.8. The van der Waals surface area contributed by atoms with Crippen LogP contribution in [-0.4, -0.2) is 23.4 Å². The Kier molecular flexibility index (Phi) is 3.31. The van der Waals surface area contributed by atoms with E-state index in [2.05, 4.69) is 9.82 Å². The van der Waals surface area contributed by atoms with Gasteiger partial charge in [-0.15, -0.1) is 0 Å². The van der Waals surface area contributed by atoms with Gasteiger partial charge in [-0.1, -0.05) is 0 Å². The lowest BCUT2D eigenvalue weighted by Crippen LogP contribution is -2.22. The van der Waals surface area contributed by atoms with Gasteiger partial charge < -0.3 is 0 Å². The quantitative estimate of drug-likeness (QED) is 0.815. The molecular formula is C8H12N4O2S. The Morgan fingerprint density at radius 1 is 1.67 bits per heavy atom. The van der Waals surface area contributed by atoms with Crippen LogP contribution in [0.4, 0.5) is 5.82 Å². The maximum atomic E-state index is 11.4. The van der Waals surface area contributed by atoms with Crippen LogP contribution in [0, 0.1) is 11.3 Å². The number of nitrogens with zero attached hydrogens (tertiary/aromatic N) is 3.